The molecule has 116 valence electrons. The summed E-state index contributed by atoms with van der Waals surface area (Å²) in [5.74, 6) is 0.206. The molecule has 0 radical (unpaired) electrons. The normalized spacial score (nSPS) is 20.7. The van der Waals surface area contributed by atoms with Crippen molar-refractivity contribution in [1.82, 2.24) is 4.90 Å². The van der Waals surface area contributed by atoms with Crippen LogP contribution < -0.4 is 4.90 Å². The van der Waals surface area contributed by atoms with Crippen LogP contribution in [0.15, 0.2) is 18.2 Å². The molecule has 0 aliphatic carbocycles. The Morgan fingerprint density at radius 2 is 2.00 bits per heavy atom. The van der Waals surface area contributed by atoms with E-state index < -0.39 is 0 Å². The van der Waals surface area contributed by atoms with E-state index in [-0.39, 0.29) is 17.9 Å². The molecular formula is C16H22Cl2N2O. The predicted molar refractivity (Wildman–Crippen MR) is 89.6 cm³/mol. The van der Waals surface area contributed by atoms with Crippen LogP contribution in [0.2, 0.25) is 10.0 Å². The molecule has 0 N–H and O–H groups in total. The summed E-state index contributed by atoms with van der Waals surface area (Å²) in [6.45, 7) is 2.62. The summed E-state index contributed by atoms with van der Waals surface area (Å²) in [6.07, 6.45) is 3.30. The minimum absolute atomic E-state index is 0.0975. The summed E-state index contributed by atoms with van der Waals surface area (Å²) in [6, 6.07) is 5.79. The van der Waals surface area contributed by atoms with E-state index in [1.165, 1.54) is 0 Å². The van der Waals surface area contributed by atoms with Gasteiger partial charge in [0.2, 0.25) is 0 Å². The minimum atomic E-state index is -0.0975. The summed E-state index contributed by atoms with van der Waals surface area (Å²) in [7, 11) is 3.93. The van der Waals surface area contributed by atoms with Crippen molar-refractivity contribution in [2.75, 3.05) is 25.5 Å². The van der Waals surface area contributed by atoms with E-state index in [4.69, 9.17) is 23.2 Å². The number of nitrogens with zero attached hydrogens (tertiary/aromatic N) is 2. The summed E-state index contributed by atoms with van der Waals surface area (Å²) in [5.41, 5.74) is 1.04. The molecule has 2 rings (SSSR count). The molecule has 2 atom stereocenters. The van der Waals surface area contributed by atoms with Crippen molar-refractivity contribution in [1.29, 1.82) is 0 Å². The van der Waals surface area contributed by atoms with Crippen molar-refractivity contribution >= 4 is 34.7 Å². The Balaban J connectivity index is 2.34. The number of Topliss-reactive ketones (excluding diaryl/α,β-unsaturated/α-hetero) is 1. The van der Waals surface area contributed by atoms with Gasteiger partial charge in [0.15, 0.2) is 0 Å². The van der Waals surface area contributed by atoms with Crippen molar-refractivity contribution in [3.05, 3.63) is 28.2 Å². The average Bonchev–Trinajstić information content (AvgIpc) is 2.42. The molecule has 1 aromatic rings. The molecule has 1 heterocycles. The van der Waals surface area contributed by atoms with Crippen LogP contribution in [0.3, 0.4) is 0 Å². The third-order valence-corrected chi connectivity index (χ3v) is 4.86. The number of likely N-dealkylation sites (N-methyl/N-ethyl adjacent to an activating group) is 1. The highest BCUT2D eigenvalue weighted by Gasteiger charge is 2.34. The molecule has 0 spiro atoms. The van der Waals surface area contributed by atoms with Gasteiger partial charge < -0.3 is 4.90 Å². The zero-order valence-corrected chi connectivity index (χ0v) is 14.3. The summed E-state index contributed by atoms with van der Waals surface area (Å²) < 4.78 is 0. The zero-order chi connectivity index (χ0) is 15.6. The lowest BCUT2D eigenvalue weighted by molar-refractivity contribution is -0.122. The highest BCUT2D eigenvalue weighted by Crippen LogP contribution is 2.32. The summed E-state index contributed by atoms with van der Waals surface area (Å²) in [4.78, 5) is 16.4. The number of rotatable bonds is 4. The molecule has 0 aromatic heterocycles. The lowest BCUT2D eigenvalue weighted by atomic mass is 9.92. The van der Waals surface area contributed by atoms with Gasteiger partial charge in [0.05, 0.1) is 22.1 Å². The first-order valence-electron chi connectivity index (χ1n) is 7.30. The molecule has 3 nitrogen and oxygen atoms in total. The molecular weight excluding hydrogens is 307 g/mol. The van der Waals surface area contributed by atoms with E-state index in [0.29, 0.717) is 10.0 Å². The van der Waals surface area contributed by atoms with Crippen LogP contribution in [0.4, 0.5) is 5.69 Å². The molecule has 0 saturated carbocycles. The Morgan fingerprint density at radius 3 is 2.57 bits per heavy atom. The van der Waals surface area contributed by atoms with Gasteiger partial charge in [-0.2, -0.15) is 0 Å². The molecule has 5 heteroatoms. The number of hydrogen-bond acceptors (Lipinski definition) is 3. The lowest BCUT2D eigenvalue weighted by Crippen LogP contribution is -2.55. The molecule has 1 aliphatic heterocycles. The average molecular weight is 329 g/mol. The van der Waals surface area contributed by atoms with Gasteiger partial charge in [-0.15, -0.1) is 0 Å². The number of halogens is 2. The third kappa shape index (κ3) is 3.71. The summed E-state index contributed by atoms with van der Waals surface area (Å²) >= 11 is 12.2. The van der Waals surface area contributed by atoms with Crippen LogP contribution in [0.1, 0.15) is 26.2 Å². The summed E-state index contributed by atoms with van der Waals surface area (Å²) in [5, 5.41) is 1.12. The molecule has 1 aromatic carbocycles. The molecule has 1 fully saturated rings. The van der Waals surface area contributed by atoms with Crippen LogP contribution in [0, 0.1) is 0 Å². The second-order valence-electron chi connectivity index (χ2n) is 5.87. The highest BCUT2D eigenvalue weighted by molar-refractivity contribution is 6.42. The first-order valence-corrected chi connectivity index (χ1v) is 8.06. The van der Waals surface area contributed by atoms with Gasteiger partial charge in [0.25, 0.3) is 0 Å². The van der Waals surface area contributed by atoms with Gasteiger partial charge in [-0.05, 0) is 58.5 Å². The first kappa shape index (κ1) is 16.6. The third-order valence-electron chi connectivity index (χ3n) is 4.12. The van der Waals surface area contributed by atoms with Crippen molar-refractivity contribution in [3.8, 4) is 0 Å². The van der Waals surface area contributed by atoms with E-state index in [9.17, 15) is 4.79 Å². The Hall–Kier alpha value is -0.770. The number of carbonyl (C=O) groups is 1. The maximum Gasteiger partial charge on any atom is 0.148 e. The van der Waals surface area contributed by atoms with Crippen molar-refractivity contribution in [2.45, 2.75) is 38.3 Å². The van der Waals surface area contributed by atoms with E-state index in [2.05, 4.69) is 4.90 Å². The van der Waals surface area contributed by atoms with Gasteiger partial charge >= 0.3 is 0 Å². The fourth-order valence-corrected chi connectivity index (χ4v) is 3.54. The topological polar surface area (TPSA) is 23.6 Å². The fraction of sp³-hybridized carbons (Fsp3) is 0.562. The van der Waals surface area contributed by atoms with E-state index in [1.807, 2.05) is 37.2 Å². The van der Waals surface area contributed by atoms with E-state index in [1.54, 1.807) is 6.92 Å². The van der Waals surface area contributed by atoms with Crippen molar-refractivity contribution in [3.63, 3.8) is 0 Å². The second-order valence-corrected chi connectivity index (χ2v) is 6.69. The van der Waals surface area contributed by atoms with Gasteiger partial charge in [0, 0.05) is 12.2 Å². The van der Waals surface area contributed by atoms with Crippen LogP contribution in [0.25, 0.3) is 0 Å². The second kappa shape index (κ2) is 6.99. The van der Waals surface area contributed by atoms with Crippen LogP contribution in [-0.4, -0.2) is 43.4 Å². The number of benzene rings is 1. The number of anilines is 1. The maximum atomic E-state index is 12.1. The monoisotopic (exact) mass is 328 g/mol. The Morgan fingerprint density at radius 1 is 1.29 bits per heavy atom. The Labute approximate surface area is 136 Å². The van der Waals surface area contributed by atoms with E-state index in [0.717, 1.165) is 31.5 Å². The molecule has 0 amide bonds. The standard InChI is InChI=1S/C16H22Cl2N2O/c1-11(21)16(19(2)3)15-6-4-5-9-20(15)12-7-8-13(17)14(18)10-12/h7-8,10,15-16H,4-6,9H2,1-3H3. The van der Waals surface area contributed by atoms with Gasteiger partial charge in [0.1, 0.15) is 5.78 Å². The predicted octanol–water partition coefficient (Wildman–Crippen LogP) is 3.87. The molecule has 2 unspecified atom stereocenters. The maximum absolute atomic E-state index is 12.1. The molecule has 21 heavy (non-hydrogen) atoms. The van der Waals surface area contributed by atoms with Gasteiger partial charge in [-0.3, -0.25) is 9.69 Å². The Kier molecular flexibility index (Phi) is 5.53. The number of hydrogen-bond donors (Lipinski definition) is 0. The molecule has 1 saturated heterocycles. The van der Waals surface area contributed by atoms with Crippen LogP contribution >= 0.6 is 23.2 Å². The minimum Gasteiger partial charge on any atom is -0.366 e. The van der Waals surface area contributed by atoms with Crippen LogP contribution in [0.5, 0.6) is 0 Å². The quantitative estimate of drug-likeness (QED) is 0.838. The number of piperidine rings is 1. The SMILES string of the molecule is CC(=O)C(C1CCCCN1c1ccc(Cl)c(Cl)c1)N(C)C. The first-order chi connectivity index (χ1) is 9.91. The fourth-order valence-electron chi connectivity index (χ4n) is 3.25. The largest absolute Gasteiger partial charge is 0.366 e. The lowest BCUT2D eigenvalue weighted by Gasteiger charge is -2.43. The van der Waals surface area contributed by atoms with Gasteiger partial charge in [-0.25, -0.2) is 0 Å². The number of carbonyl (C=O) groups excluding carboxylic acids is 1. The van der Waals surface area contributed by atoms with Crippen molar-refractivity contribution < 1.29 is 4.79 Å². The Bertz CT molecular complexity index is 519. The zero-order valence-electron chi connectivity index (χ0n) is 12.8. The van der Waals surface area contributed by atoms with E-state index >= 15 is 0 Å². The molecule has 1 aliphatic rings. The highest BCUT2D eigenvalue weighted by atomic mass is 35.5. The van der Waals surface area contributed by atoms with Crippen LogP contribution in [-0.2, 0) is 4.79 Å². The van der Waals surface area contributed by atoms with Gasteiger partial charge in [-0.1, -0.05) is 23.2 Å². The number of ketones is 1. The molecule has 0 bridgehead atoms. The smallest absolute Gasteiger partial charge is 0.148 e. The van der Waals surface area contributed by atoms with Crippen molar-refractivity contribution in [2.24, 2.45) is 0 Å².